The van der Waals surface area contributed by atoms with E-state index in [1.807, 2.05) is 6.92 Å². The second kappa shape index (κ2) is 8.44. The van der Waals surface area contributed by atoms with Crippen molar-refractivity contribution >= 4 is 34.0 Å². The summed E-state index contributed by atoms with van der Waals surface area (Å²) in [6.07, 6.45) is 0.219. The Hall–Kier alpha value is -2.41. The Morgan fingerprint density at radius 3 is 2.21 bits per heavy atom. The topological polar surface area (TPSA) is 88.4 Å². The summed E-state index contributed by atoms with van der Waals surface area (Å²) >= 11 is 0. The van der Waals surface area contributed by atoms with Gasteiger partial charge in [-0.25, -0.2) is 0 Å². The number of hydrogen-bond acceptors (Lipinski definition) is 4. The number of aryl methyl sites for hydroxylation is 1. The number of hydrogen-bond donors (Lipinski definition) is 2. The smallest absolute Gasteiger partial charge is 0.291 e. The molecule has 2 rings (SSSR count). The Bertz CT molecular complexity index is 737. The molecule has 2 N–H and O–H groups in total. The molecule has 1 aromatic heterocycles. The molecule has 0 bridgehead atoms. The van der Waals surface area contributed by atoms with Crippen LogP contribution >= 0.6 is 0 Å². The Labute approximate surface area is 143 Å². The average Bonchev–Trinajstić information content (AvgIpc) is 3.01. The van der Waals surface area contributed by atoms with Crippen LogP contribution in [0.15, 0.2) is 40.8 Å². The molecule has 0 spiro atoms. The zero-order valence-electron chi connectivity index (χ0n) is 13.6. The lowest BCUT2D eigenvalue weighted by molar-refractivity contribution is -0.115. The molecule has 0 fully saturated rings. The van der Waals surface area contributed by atoms with Gasteiger partial charge in [0.2, 0.25) is 5.91 Å². The van der Waals surface area contributed by atoms with E-state index in [-0.39, 0.29) is 24.0 Å². The van der Waals surface area contributed by atoms with Gasteiger partial charge >= 0.3 is 0 Å². The van der Waals surface area contributed by atoms with Crippen LogP contribution in [0.3, 0.4) is 0 Å². The van der Waals surface area contributed by atoms with Crippen molar-refractivity contribution in [3.05, 3.63) is 47.9 Å². The fraction of sp³-hybridized carbons (Fsp3) is 0.294. The van der Waals surface area contributed by atoms with Crippen LogP contribution in [0.1, 0.15) is 29.7 Å². The van der Waals surface area contributed by atoms with Crippen molar-refractivity contribution in [2.75, 3.05) is 22.1 Å². The van der Waals surface area contributed by atoms with Crippen molar-refractivity contribution in [2.45, 2.75) is 20.3 Å². The molecular formula is C17H20N2O4S. The van der Waals surface area contributed by atoms with E-state index < -0.39 is 10.8 Å². The molecule has 1 aromatic carbocycles. The lowest BCUT2D eigenvalue weighted by atomic mass is 10.2. The van der Waals surface area contributed by atoms with Crippen LogP contribution in [0.2, 0.25) is 0 Å². The van der Waals surface area contributed by atoms with Crippen LogP contribution in [0, 0.1) is 6.92 Å². The second-order valence-corrected chi connectivity index (χ2v) is 7.04. The maximum absolute atomic E-state index is 12.0. The summed E-state index contributed by atoms with van der Waals surface area (Å²) in [4.78, 5) is 23.7. The number of rotatable bonds is 7. The maximum atomic E-state index is 12.0. The quantitative estimate of drug-likeness (QED) is 0.805. The van der Waals surface area contributed by atoms with Gasteiger partial charge in [0, 0.05) is 40.1 Å². The fourth-order valence-corrected chi connectivity index (χ4v) is 2.66. The number of nitrogens with one attached hydrogen (secondary N) is 2. The van der Waals surface area contributed by atoms with Crippen molar-refractivity contribution < 1.29 is 18.2 Å². The Balaban J connectivity index is 1.87. The Kier molecular flexibility index (Phi) is 6.31. The van der Waals surface area contributed by atoms with Gasteiger partial charge in [0.05, 0.1) is 0 Å². The summed E-state index contributed by atoms with van der Waals surface area (Å²) in [5, 5.41) is 5.45. The molecule has 7 heteroatoms. The summed E-state index contributed by atoms with van der Waals surface area (Å²) in [5.74, 6) is 1.31. The molecule has 2 aromatic rings. The molecule has 1 heterocycles. The minimum atomic E-state index is -0.950. The van der Waals surface area contributed by atoms with E-state index >= 15 is 0 Å². The highest BCUT2D eigenvalue weighted by molar-refractivity contribution is 7.84. The molecule has 6 nitrogen and oxygen atoms in total. The number of carbonyl (C=O) groups is 2. The molecule has 24 heavy (non-hydrogen) atoms. The zero-order chi connectivity index (χ0) is 17.5. The largest absolute Gasteiger partial charge is 0.456 e. The van der Waals surface area contributed by atoms with Gasteiger partial charge < -0.3 is 15.1 Å². The highest BCUT2D eigenvalue weighted by Gasteiger charge is 2.10. The Morgan fingerprint density at radius 2 is 1.67 bits per heavy atom. The molecule has 128 valence electrons. The highest BCUT2D eigenvalue weighted by Crippen LogP contribution is 2.15. The van der Waals surface area contributed by atoms with E-state index in [0.29, 0.717) is 28.6 Å². The van der Waals surface area contributed by atoms with Crippen molar-refractivity contribution in [2.24, 2.45) is 0 Å². The van der Waals surface area contributed by atoms with Crippen molar-refractivity contribution in [3.63, 3.8) is 0 Å². The summed E-state index contributed by atoms with van der Waals surface area (Å²) in [6.45, 7) is 3.59. The third-order valence-electron chi connectivity index (χ3n) is 3.27. The fourth-order valence-electron chi connectivity index (χ4n) is 1.96. The molecule has 2 amide bonds. The number of benzene rings is 1. The van der Waals surface area contributed by atoms with E-state index in [0.717, 1.165) is 0 Å². The van der Waals surface area contributed by atoms with Crippen molar-refractivity contribution in [3.8, 4) is 0 Å². The predicted octanol–water partition coefficient (Wildman–Crippen LogP) is 2.94. The SMILES string of the molecule is CCS(=O)CCC(=O)Nc1ccc(NC(=O)c2ccc(C)o2)cc1. The van der Waals surface area contributed by atoms with E-state index in [1.165, 1.54) is 0 Å². The first-order valence-corrected chi connectivity index (χ1v) is 9.09. The molecule has 0 saturated heterocycles. The minimum absolute atomic E-state index is 0.181. The van der Waals surface area contributed by atoms with Gasteiger partial charge in [0.15, 0.2) is 5.76 Å². The van der Waals surface area contributed by atoms with Gasteiger partial charge in [0.1, 0.15) is 5.76 Å². The standard InChI is InChI=1S/C17H20N2O4S/c1-3-24(22)11-10-16(20)18-13-5-7-14(8-6-13)19-17(21)15-9-4-12(2)23-15/h4-9H,3,10-11H2,1-2H3,(H,18,20)(H,19,21). The first kappa shape index (κ1) is 17.9. The van der Waals surface area contributed by atoms with Crippen LogP contribution in [0.5, 0.6) is 0 Å². The average molecular weight is 348 g/mol. The molecule has 1 unspecified atom stereocenters. The number of amides is 2. The van der Waals surface area contributed by atoms with Crippen molar-refractivity contribution in [1.82, 2.24) is 0 Å². The summed E-state index contributed by atoms with van der Waals surface area (Å²) < 4.78 is 16.6. The van der Waals surface area contributed by atoms with Crippen LogP contribution in [0.4, 0.5) is 11.4 Å². The predicted molar refractivity (Wildman–Crippen MR) is 94.6 cm³/mol. The molecular weight excluding hydrogens is 328 g/mol. The molecule has 0 aliphatic rings. The highest BCUT2D eigenvalue weighted by atomic mass is 32.2. The van der Waals surface area contributed by atoms with Crippen LogP contribution in [-0.4, -0.2) is 27.5 Å². The first-order chi connectivity index (χ1) is 11.5. The van der Waals surface area contributed by atoms with Gasteiger partial charge in [-0.15, -0.1) is 0 Å². The maximum Gasteiger partial charge on any atom is 0.291 e. The van der Waals surface area contributed by atoms with Crippen molar-refractivity contribution in [1.29, 1.82) is 0 Å². The van der Waals surface area contributed by atoms with Crippen LogP contribution in [0.25, 0.3) is 0 Å². The molecule has 1 atom stereocenters. The molecule has 0 aliphatic heterocycles. The number of carbonyl (C=O) groups excluding carboxylic acids is 2. The van der Waals surface area contributed by atoms with E-state index in [1.54, 1.807) is 43.3 Å². The first-order valence-electron chi connectivity index (χ1n) is 7.60. The molecule has 0 saturated carbocycles. The number of anilines is 2. The van der Waals surface area contributed by atoms with Gasteiger partial charge in [-0.2, -0.15) is 0 Å². The van der Waals surface area contributed by atoms with E-state index in [4.69, 9.17) is 4.42 Å². The minimum Gasteiger partial charge on any atom is -0.456 e. The van der Waals surface area contributed by atoms with Crippen LogP contribution in [-0.2, 0) is 15.6 Å². The summed E-state index contributed by atoms with van der Waals surface area (Å²) in [7, 11) is -0.950. The van der Waals surface area contributed by atoms with Gasteiger partial charge in [0.25, 0.3) is 5.91 Å². The zero-order valence-corrected chi connectivity index (χ0v) is 14.4. The normalized spacial score (nSPS) is 11.8. The van der Waals surface area contributed by atoms with E-state index in [2.05, 4.69) is 10.6 Å². The third kappa shape index (κ3) is 5.34. The van der Waals surface area contributed by atoms with Gasteiger partial charge in [-0.3, -0.25) is 13.8 Å². The molecule has 0 aliphatic carbocycles. The lowest BCUT2D eigenvalue weighted by Crippen LogP contribution is -2.15. The second-order valence-electron chi connectivity index (χ2n) is 5.17. The third-order valence-corrected chi connectivity index (χ3v) is 4.57. The summed E-state index contributed by atoms with van der Waals surface area (Å²) in [5.41, 5.74) is 1.22. The summed E-state index contributed by atoms with van der Waals surface area (Å²) in [6, 6.07) is 10.1. The number of furan rings is 1. The Morgan fingerprint density at radius 1 is 1.04 bits per heavy atom. The van der Waals surface area contributed by atoms with Crippen LogP contribution < -0.4 is 10.6 Å². The van der Waals surface area contributed by atoms with Gasteiger partial charge in [-0.05, 0) is 43.3 Å². The molecule has 0 radical (unpaired) electrons. The lowest BCUT2D eigenvalue weighted by Gasteiger charge is -2.07. The monoisotopic (exact) mass is 348 g/mol. The van der Waals surface area contributed by atoms with Gasteiger partial charge in [-0.1, -0.05) is 6.92 Å². The van der Waals surface area contributed by atoms with E-state index in [9.17, 15) is 13.8 Å².